The molecule has 2 aromatic rings. The molecule has 1 aromatic heterocycles. The van der Waals surface area contributed by atoms with Gasteiger partial charge in [0.15, 0.2) is 28.4 Å². The number of guanidine groups is 1. The van der Waals surface area contributed by atoms with Crippen LogP contribution in [-0.4, -0.2) is 99.6 Å². The number of aryl methyl sites for hydroxylation is 1. The van der Waals surface area contributed by atoms with Gasteiger partial charge in [-0.25, -0.2) is 9.97 Å². The number of ether oxygens (including phenoxy) is 5. The number of hydrogen-bond donors (Lipinski definition) is 5. The monoisotopic (exact) mass is 597 g/mol. The van der Waals surface area contributed by atoms with Crippen molar-refractivity contribution >= 4 is 35.1 Å². The summed E-state index contributed by atoms with van der Waals surface area (Å²) in [7, 11) is 0. The summed E-state index contributed by atoms with van der Waals surface area (Å²) >= 11 is 5.79. The molecule has 8 N–H and O–H groups in total. The fourth-order valence-electron chi connectivity index (χ4n) is 3.26. The van der Waals surface area contributed by atoms with Gasteiger partial charge in [0.2, 0.25) is 0 Å². The van der Waals surface area contributed by atoms with Crippen molar-refractivity contribution in [1.82, 2.24) is 15.3 Å². The van der Waals surface area contributed by atoms with Crippen LogP contribution in [0.25, 0.3) is 0 Å². The van der Waals surface area contributed by atoms with Gasteiger partial charge in [-0.2, -0.15) is 0 Å². The smallest absolute Gasteiger partial charge is 0.280 e. The molecule has 0 aliphatic rings. The van der Waals surface area contributed by atoms with Gasteiger partial charge in [-0.1, -0.05) is 23.7 Å². The number of aromatic nitrogens is 2. The minimum Gasteiger partial charge on any atom is -0.491 e. The van der Waals surface area contributed by atoms with Gasteiger partial charge in [-0.3, -0.25) is 15.1 Å². The number of aliphatic imine (C=N–C) groups is 1. The molecule has 1 heterocycles. The summed E-state index contributed by atoms with van der Waals surface area (Å²) in [5.41, 5.74) is 17.9. The molecule has 228 valence electrons. The molecular formula is C26H40ClN7O7. The summed E-state index contributed by atoms with van der Waals surface area (Å²) in [6.07, 6.45) is 2.53. The average Bonchev–Trinajstić information content (AvgIpc) is 2.95. The van der Waals surface area contributed by atoms with Gasteiger partial charge in [0, 0.05) is 6.54 Å². The Labute approximate surface area is 244 Å². The zero-order valence-electron chi connectivity index (χ0n) is 23.1. The first-order valence-electron chi connectivity index (χ1n) is 13.2. The quantitative estimate of drug-likeness (QED) is 0.0768. The molecule has 0 bridgehead atoms. The molecule has 0 unspecified atom stereocenters. The molecular weight excluding hydrogens is 558 g/mol. The topological polar surface area (TPSA) is 212 Å². The summed E-state index contributed by atoms with van der Waals surface area (Å²) in [4.78, 5) is 24.0. The van der Waals surface area contributed by atoms with Crippen molar-refractivity contribution < 1.29 is 33.6 Å². The second-order valence-electron chi connectivity index (χ2n) is 8.48. The number of rotatable bonds is 21. The normalized spacial score (nSPS) is 11.5. The Morgan fingerprint density at radius 3 is 2.05 bits per heavy atom. The number of aliphatic hydroxyl groups excluding tert-OH is 1. The number of hydrogen-bond acceptors (Lipinski definition) is 12. The third-order valence-electron chi connectivity index (χ3n) is 5.29. The molecule has 0 saturated heterocycles. The minimum atomic E-state index is -0.670. The first-order chi connectivity index (χ1) is 19.9. The van der Waals surface area contributed by atoms with Crippen LogP contribution in [0, 0.1) is 0 Å². The molecule has 0 spiro atoms. The Morgan fingerprint density at radius 1 is 0.854 bits per heavy atom. The van der Waals surface area contributed by atoms with E-state index in [9.17, 15) is 4.79 Å². The largest absolute Gasteiger partial charge is 0.491 e. The first-order valence-corrected chi connectivity index (χ1v) is 13.6. The highest BCUT2D eigenvalue weighted by molar-refractivity contribution is 6.31. The second-order valence-corrected chi connectivity index (χ2v) is 8.84. The number of amides is 1. The van der Waals surface area contributed by atoms with Crippen molar-refractivity contribution in [3.8, 4) is 5.75 Å². The zero-order chi connectivity index (χ0) is 29.7. The standard InChI is InChI=1S/C26H40ClN7O7/c27-22-24(29)33-23(28)21(32-22)25(36)34-26(30)31-8-2-1-3-19-4-6-20(7-5-19)41-18-17-40-16-15-39-14-13-38-12-11-37-10-9-35/h4-7,35H,1-3,8-18H2,(H4,28,29,33)(H3,30,31,34,36). The highest BCUT2D eigenvalue weighted by Gasteiger charge is 2.16. The number of aliphatic hydroxyl groups is 1. The summed E-state index contributed by atoms with van der Waals surface area (Å²) in [5.74, 6) is -0.166. The van der Waals surface area contributed by atoms with Crippen LogP contribution in [0.3, 0.4) is 0 Å². The fourth-order valence-corrected chi connectivity index (χ4v) is 3.39. The molecule has 2 rings (SSSR count). The predicted octanol–water partition coefficient (Wildman–Crippen LogP) is 0.799. The third-order valence-corrected chi connectivity index (χ3v) is 5.57. The number of unbranched alkanes of at least 4 members (excludes halogenated alkanes) is 1. The van der Waals surface area contributed by atoms with Crippen LogP contribution in [-0.2, 0) is 25.4 Å². The number of benzene rings is 1. The Kier molecular flexibility index (Phi) is 17.0. The van der Waals surface area contributed by atoms with Crippen molar-refractivity contribution in [3.05, 3.63) is 40.7 Å². The number of carbonyl (C=O) groups excluding carboxylic acids is 1. The minimum absolute atomic E-state index is 0.0146. The van der Waals surface area contributed by atoms with E-state index in [0.717, 1.165) is 25.0 Å². The highest BCUT2D eigenvalue weighted by Crippen LogP contribution is 2.17. The number of nitrogen functional groups attached to an aromatic ring is 2. The lowest BCUT2D eigenvalue weighted by molar-refractivity contribution is -0.00779. The molecule has 41 heavy (non-hydrogen) atoms. The lowest BCUT2D eigenvalue weighted by Gasteiger charge is -2.09. The summed E-state index contributed by atoms with van der Waals surface area (Å²) < 4.78 is 27.0. The van der Waals surface area contributed by atoms with Gasteiger partial charge in [-0.15, -0.1) is 0 Å². The number of nitrogens with two attached hydrogens (primary N) is 3. The van der Waals surface area contributed by atoms with E-state index in [1.165, 1.54) is 5.56 Å². The summed E-state index contributed by atoms with van der Waals surface area (Å²) in [6, 6.07) is 7.89. The molecule has 0 atom stereocenters. The number of nitrogens with one attached hydrogen (secondary N) is 1. The predicted molar refractivity (Wildman–Crippen MR) is 155 cm³/mol. The number of halogens is 1. The Balaban J connectivity index is 1.49. The van der Waals surface area contributed by atoms with Crippen molar-refractivity contribution in [1.29, 1.82) is 0 Å². The maximum Gasteiger partial charge on any atom is 0.280 e. The van der Waals surface area contributed by atoms with Gasteiger partial charge in [-0.05, 0) is 37.0 Å². The van der Waals surface area contributed by atoms with Crippen LogP contribution in [0.5, 0.6) is 5.75 Å². The van der Waals surface area contributed by atoms with Gasteiger partial charge >= 0.3 is 0 Å². The lowest BCUT2D eigenvalue weighted by atomic mass is 10.1. The van der Waals surface area contributed by atoms with E-state index >= 15 is 0 Å². The molecule has 0 radical (unpaired) electrons. The van der Waals surface area contributed by atoms with E-state index in [-0.39, 0.29) is 35.0 Å². The van der Waals surface area contributed by atoms with Crippen molar-refractivity contribution in [2.24, 2.45) is 10.7 Å². The SMILES string of the molecule is NC(=NCCCCc1ccc(OCCOCCOCCOCCOCCO)cc1)NC(=O)c1nc(Cl)c(N)nc1N. The maximum absolute atomic E-state index is 12.2. The van der Waals surface area contributed by atoms with Gasteiger partial charge in [0.25, 0.3) is 5.91 Å². The third kappa shape index (κ3) is 14.8. The van der Waals surface area contributed by atoms with Gasteiger partial charge in [0.1, 0.15) is 12.4 Å². The zero-order valence-corrected chi connectivity index (χ0v) is 23.8. The summed E-state index contributed by atoms with van der Waals surface area (Å²) in [5, 5.41) is 10.9. The molecule has 0 fully saturated rings. The van der Waals surface area contributed by atoms with Crippen LogP contribution in [0.4, 0.5) is 11.6 Å². The molecule has 15 heteroatoms. The maximum atomic E-state index is 12.2. The fraction of sp³-hybridized carbons (Fsp3) is 0.538. The molecule has 14 nitrogen and oxygen atoms in total. The van der Waals surface area contributed by atoms with E-state index in [2.05, 4.69) is 20.3 Å². The average molecular weight is 598 g/mol. The van der Waals surface area contributed by atoms with Crippen LogP contribution in [0.1, 0.15) is 28.9 Å². The molecule has 0 saturated carbocycles. The van der Waals surface area contributed by atoms with Crippen molar-refractivity contribution in [3.63, 3.8) is 0 Å². The van der Waals surface area contributed by atoms with E-state index < -0.39 is 5.91 Å². The molecule has 1 amide bonds. The highest BCUT2D eigenvalue weighted by atomic mass is 35.5. The Morgan fingerprint density at radius 2 is 1.44 bits per heavy atom. The van der Waals surface area contributed by atoms with E-state index in [1.54, 1.807) is 0 Å². The first kappa shape index (κ1) is 33.9. The Hall–Kier alpha value is -3.27. The van der Waals surface area contributed by atoms with Crippen molar-refractivity contribution in [2.75, 3.05) is 84.1 Å². The lowest BCUT2D eigenvalue weighted by Crippen LogP contribution is -2.38. The number of anilines is 2. The van der Waals surface area contributed by atoms with Crippen LogP contribution in [0.2, 0.25) is 5.15 Å². The van der Waals surface area contributed by atoms with Crippen LogP contribution >= 0.6 is 11.6 Å². The molecule has 0 aliphatic carbocycles. The van der Waals surface area contributed by atoms with Gasteiger partial charge in [0.05, 0.1) is 59.5 Å². The Bertz CT molecular complexity index is 1060. The van der Waals surface area contributed by atoms with E-state index in [4.69, 9.17) is 57.6 Å². The molecule has 1 aromatic carbocycles. The van der Waals surface area contributed by atoms with E-state index in [1.807, 2.05) is 24.3 Å². The van der Waals surface area contributed by atoms with E-state index in [0.29, 0.717) is 66.0 Å². The van der Waals surface area contributed by atoms with Gasteiger partial charge < -0.3 is 46.0 Å². The van der Waals surface area contributed by atoms with Crippen LogP contribution in [0.15, 0.2) is 29.3 Å². The second kappa shape index (κ2) is 20.6. The van der Waals surface area contributed by atoms with Crippen LogP contribution < -0.4 is 27.3 Å². The summed E-state index contributed by atoms with van der Waals surface area (Å²) in [6.45, 7) is 4.54. The number of carbonyl (C=O) groups is 1. The number of nitrogens with zero attached hydrogens (tertiary/aromatic N) is 3. The molecule has 0 aliphatic heterocycles. The van der Waals surface area contributed by atoms with Crippen molar-refractivity contribution in [2.45, 2.75) is 19.3 Å².